The maximum atomic E-state index is 12.4. The van der Waals surface area contributed by atoms with Gasteiger partial charge in [0.25, 0.3) is 0 Å². The van der Waals surface area contributed by atoms with E-state index in [-0.39, 0.29) is 12.5 Å². The number of methoxy groups -OCH3 is 2. The fourth-order valence-corrected chi connectivity index (χ4v) is 2.81. The Bertz CT molecular complexity index is 807. The lowest BCUT2D eigenvalue weighted by Crippen LogP contribution is -2.37. The minimum atomic E-state index is -0.451. The highest BCUT2D eigenvalue weighted by Gasteiger charge is 2.21. The summed E-state index contributed by atoms with van der Waals surface area (Å²) in [4.78, 5) is 25.8. The lowest BCUT2D eigenvalue weighted by molar-refractivity contribution is -0.120. The monoisotopic (exact) mass is 396 g/mol. The van der Waals surface area contributed by atoms with Gasteiger partial charge in [0.2, 0.25) is 11.8 Å². The van der Waals surface area contributed by atoms with Crippen molar-refractivity contribution in [3.63, 3.8) is 0 Å². The molecule has 6 nitrogen and oxygen atoms in total. The molecule has 0 aliphatic carbocycles. The molecule has 1 N–H and O–H groups in total. The van der Waals surface area contributed by atoms with Crippen LogP contribution in [-0.4, -0.2) is 32.6 Å². The van der Waals surface area contributed by atoms with Gasteiger partial charge in [-0.2, -0.15) is 0 Å². The predicted molar refractivity (Wildman–Crippen MR) is 103 cm³/mol. The van der Waals surface area contributed by atoms with E-state index in [1.165, 1.54) is 26.0 Å². The van der Waals surface area contributed by atoms with E-state index in [0.29, 0.717) is 32.9 Å². The molecule has 138 valence electrons. The molecule has 0 fully saturated rings. The van der Waals surface area contributed by atoms with Crippen LogP contribution in [0.3, 0.4) is 0 Å². The molecule has 2 aromatic rings. The quantitative estimate of drug-likeness (QED) is 0.800. The molecule has 0 aliphatic rings. The summed E-state index contributed by atoms with van der Waals surface area (Å²) in [5.41, 5.74) is 0.743. The van der Waals surface area contributed by atoms with Crippen molar-refractivity contribution in [1.29, 1.82) is 0 Å². The maximum absolute atomic E-state index is 12.4. The van der Waals surface area contributed by atoms with Gasteiger partial charge in [0.1, 0.15) is 18.0 Å². The van der Waals surface area contributed by atoms with Crippen LogP contribution in [0.2, 0.25) is 10.0 Å². The number of anilines is 2. The van der Waals surface area contributed by atoms with E-state index >= 15 is 0 Å². The molecule has 0 saturated heterocycles. The highest BCUT2D eigenvalue weighted by molar-refractivity contribution is 6.39. The zero-order valence-electron chi connectivity index (χ0n) is 14.5. The van der Waals surface area contributed by atoms with Crippen LogP contribution in [0.25, 0.3) is 0 Å². The third-order valence-corrected chi connectivity index (χ3v) is 4.22. The zero-order valence-corrected chi connectivity index (χ0v) is 16.0. The number of benzene rings is 2. The molecule has 0 aliphatic heterocycles. The van der Waals surface area contributed by atoms with Gasteiger partial charge >= 0.3 is 0 Å². The van der Waals surface area contributed by atoms with Gasteiger partial charge in [-0.05, 0) is 24.3 Å². The lowest BCUT2D eigenvalue weighted by atomic mass is 10.2. The molecule has 0 saturated carbocycles. The van der Waals surface area contributed by atoms with Crippen molar-refractivity contribution in [2.75, 3.05) is 31.0 Å². The van der Waals surface area contributed by atoms with Gasteiger partial charge in [0, 0.05) is 13.0 Å². The van der Waals surface area contributed by atoms with E-state index in [4.69, 9.17) is 32.7 Å². The second-order valence-electron chi connectivity index (χ2n) is 5.29. The summed E-state index contributed by atoms with van der Waals surface area (Å²) in [6.45, 7) is 1.12. The van der Waals surface area contributed by atoms with Crippen molar-refractivity contribution in [3.05, 3.63) is 46.4 Å². The molecule has 0 atom stereocenters. The van der Waals surface area contributed by atoms with Gasteiger partial charge in [-0.3, -0.25) is 14.5 Å². The average Bonchev–Trinajstić information content (AvgIpc) is 2.62. The SMILES string of the molecule is COc1ccc(N(CC(=O)Nc2c(Cl)cccc2Cl)C(C)=O)c(OC)c1. The van der Waals surface area contributed by atoms with Crippen LogP contribution in [0.15, 0.2) is 36.4 Å². The van der Waals surface area contributed by atoms with Crippen molar-refractivity contribution in [1.82, 2.24) is 0 Å². The molecule has 0 radical (unpaired) electrons. The van der Waals surface area contributed by atoms with Crippen LogP contribution in [-0.2, 0) is 9.59 Å². The predicted octanol–water partition coefficient (Wildman–Crippen LogP) is 4.00. The van der Waals surface area contributed by atoms with Crippen molar-refractivity contribution in [2.45, 2.75) is 6.92 Å². The van der Waals surface area contributed by atoms with Crippen molar-refractivity contribution in [2.24, 2.45) is 0 Å². The van der Waals surface area contributed by atoms with Crippen molar-refractivity contribution in [3.8, 4) is 11.5 Å². The van der Waals surface area contributed by atoms with Gasteiger partial charge in [-0.1, -0.05) is 29.3 Å². The van der Waals surface area contributed by atoms with Crippen LogP contribution >= 0.6 is 23.2 Å². The maximum Gasteiger partial charge on any atom is 0.244 e. The first-order valence-electron chi connectivity index (χ1n) is 7.61. The number of hydrogen-bond acceptors (Lipinski definition) is 4. The third kappa shape index (κ3) is 4.59. The normalized spacial score (nSPS) is 10.2. The smallest absolute Gasteiger partial charge is 0.244 e. The molecular weight excluding hydrogens is 379 g/mol. The summed E-state index contributed by atoms with van der Waals surface area (Å²) in [6.07, 6.45) is 0. The Kier molecular flexibility index (Phi) is 6.71. The summed E-state index contributed by atoms with van der Waals surface area (Å²) in [5.74, 6) is 0.200. The number of hydrogen-bond donors (Lipinski definition) is 1. The van der Waals surface area contributed by atoms with Gasteiger partial charge < -0.3 is 14.8 Å². The van der Waals surface area contributed by atoms with E-state index in [0.717, 1.165) is 0 Å². The zero-order chi connectivity index (χ0) is 19.3. The Labute approximate surface area is 161 Å². The molecule has 0 bridgehead atoms. The molecule has 26 heavy (non-hydrogen) atoms. The van der Waals surface area contributed by atoms with Crippen LogP contribution in [0.1, 0.15) is 6.92 Å². The Morgan fingerprint density at radius 2 is 1.73 bits per heavy atom. The minimum Gasteiger partial charge on any atom is -0.497 e. The summed E-state index contributed by atoms with van der Waals surface area (Å²) in [5, 5.41) is 3.25. The molecular formula is C18H18Cl2N2O4. The Hall–Kier alpha value is -2.44. The second kappa shape index (κ2) is 8.78. The van der Waals surface area contributed by atoms with Gasteiger partial charge in [0.05, 0.1) is 35.6 Å². The molecule has 0 spiro atoms. The van der Waals surface area contributed by atoms with E-state index in [2.05, 4.69) is 5.32 Å². The Morgan fingerprint density at radius 3 is 2.27 bits per heavy atom. The molecule has 0 aromatic heterocycles. The number of ether oxygens (including phenoxy) is 2. The number of rotatable bonds is 6. The number of amides is 2. The standard InChI is InChI=1S/C18H18Cl2N2O4/c1-11(23)22(15-8-7-12(25-2)9-16(15)26-3)10-17(24)21-18-13(19)5-4-6-14(18)20/h4-9H,10H2,1-3H3,(H,21,24). The molecule has 2 rings (SSSR count). The molecule has 2 aromatic carbocycles. The number of para-hydroxylation sites is 1. The number of halogens is 2. The fourth-order valence-electron chi connectivity index (χ4n) is 2.31. The lowest BCUT2D eigenvalue weighted by Gasteiger charge is -2.23. The van der Waals surface area contributed by atoms with Gasteiger partial charge in [0.15, 0.2) is 0 Å². The minimum absolute atomic E-state index is 0.237. The Balaban J connectivity index is 2.26. The number of nitrogens with one attached hydrogen (secondary N) is 1. The number of carbonyl (C=O) groups is 2. The van der Waals surface area contributed by atoms with Crippen LogP contribution in [0, 0.1) is 0 Å². The van der Waals surface area contributed by atoms with E-state index in [1.54, 1.807) is 36.4 Å². The molecule has 2 amide bonds. The Morgan fingerprint density at radius 1 is 1.08 bits per heavy atom. The second-order valence-corrected chi connectivity index (χ2v) is 6.10. The third-order valence-electron chi connectivity index (χ3n) is 3.59. The molecule has 0 unspecified atom stereocenters. The molecule has 8 heteroatoms. The van der Waals surface area contributed by atoms with Crippen LogP contribution in [0.4, 0.5) is 11.4 Å². The molecule has 0 heterocycles. The van der Waals surface area contributed by atoms with E-state index in [9.17, 15) is 9.59 Å². The summed E-state index contributed by atoms with van der Waals surface area (Å²) in [6, 6.07) is 9.85. The van der Waals surface area contributed by atoms with Crippen molar-refractivity contribution >= 4 is 46.4 Å². The van der Waals surface area contributed by atoms with Crippen LogP contribution < -0.4 is 19.7 Å². The first-order chi connectivity index (χ1) is 12.4. The highest BCUT2D eigenvalue weighted by Crippen LogP contribution is 2.33. The summed E-state index contributed by atoms with van der Waals surface area (Å²) < 4.78 is 10.5. The van der Waals surface area contributed by atoms with E-state index < -0.39 is 5.91 Å². The van der Waals surface area contributed by atoms with Gasteiger partial charge in [-0.25, -0.2) is 0 Å². The fraction of sp³-hybridized carbons (Fsp3) is 0.222. The number of nitrogens with zero attached hydrogens (tertiary/aromatic N) is 1. The van der Waals surface area contributed by atoms with Crippen LogP contribution in [0.5, 0.6) is 11.5 Å². The topological polar surface area (TPSA) is 67.9 Å². The first-order valence-corrected chi connectivity index (χ1v) is 8.37. The number of carbonyl (C=O) groups excluding carboxylic acids is 2. The van der Waals surface area contributed by atoms with Crippen molar-refractivity contribution < 1.29 is 19.1 Å². The summed E-state index contributed by atoms with van der Waals surface area (Å²) >= 11 is 12.1. The summed E-state index contributed by atoms with van der Waals surface area (Å²) in [7, 11) is 3.00. The first kappa shape index (κ1) is 19.9. The highest BCUT2D eigenvalue weighted by atomic mass is 35.5. The average molecular weight is 397 g/mol. The largest absolute Gasteiger partial charge is 0.497 e. The van der Waals surface area contributed by atoms with E-state index in [1.807, 2.05) is 0 Å². The van der Waals surface area contributed by atoms with Gasteiger partial charge in [-0.15, -0.1) is 0 Å².